The number of aryl methyl sites for hydroxylation is 1. The molecule has 16 heavy (non-hydrogen) atoms. The van der Waals surface area contributed by atoms with Crippen LogP contribution in [0.2, 0.25) is 0 Å². The summed E-state index contributed by atoms with van der Waals surface area (Å²) in [5.41, 5.74) is 1.45. The predicted octanol–water partition coefficient (Wildman–Crippen LogP) is 1.05. The first-order valence-electron chi connectivity index (χ1n) is 5.20. The topological polar surface area (TPSA) is 79.6 Å². The van der Waals surface area contributed by atoms with Gasteiger partial charge in [0.2, 0.25) is 0 Å². The van der Waals surface area contributed by atoms with Gasteiger partial charge >= 0.3 is 0 Å². The van der Waals surface area contributed by atoms with E-state index in [-0.39, 0.29) is 6.61 Å². The molecule has 86 valence electrons. The van der Waals surface area contributed by atoms with Crippen molar-refractivity contribution in [1.29, 1.82) is 0 Å². The van der Waals surface area contributed by atoms with Crippen LogP contribution in [0.5, 0.6) is 0 Å². The minimum Gasteiger partial charge on any atom is -0.396 e. The zero-order chi connectivity index (χ0) is 11.4. The molecule has 0 aliphatic rings. The molecule has 0 atom stereocenters. The van der Waals surface area contributed by atoms with Gasteiger partial charge in [0.1, 0.15) is 0 Å². The fourth-order valence-electron chi connectivity index (χ4n) is 1.52. The van der Waals surface area contributed by atoms with Crippen LogP contribution in [0.4, 0.5) is 0 Å². The van der Waals surface area contributed by atoms with Crippen molar-refractivity contribution in [2.24, 2.45) is 0 Å². The third-order valence-corrected chi connectivity index (χ3v) is 2.65. The van der Waals surface area contributed by atoms with Crippen LogP contribution >= 0.6 is 12.2 Å². The molecule has 0 unspecified atom stereocenters. The summed E-state index contributed by atoms with van der Waals surface area (Å²) in [6.45, 7) is 1.01. The Kier molecular flexibility index (Phi) is 3.58. The van der Waals surface area contributed by atoms with Gasteiger partial charge in [-0.05, 0) is 19.3 Å². The number of aromatic nitrogens is 5. The molecule has 0 aliphatic heterocycles. The summed E-state index contributed by atoms with van der Waals surface area (Å²) in [7, 11) is 0. The van der Waals surface area contributed by atoms with Gasteiger partial charge in [-0.3, -0.25) is 0 Å². The van der Waals surface area contributed by atoms with Crippen molar-refractivity contribution in [2.75, 3.05) is 6.61 Å². The highest BCUT2D eigenvalue weighted by molar-refractivity contribution is 7.71. The summed E-state index contributed by atoms with van der Waals surface area (Å²) < 4.78 is 2.25. The number of nitrogens with one attached hydrogen (secondary N) is 1. The smallest absolute Gasteiger partial charge is 0.166 e. The van der Waals surface area contributed by atoms with E-state index in [9.17, 15) is 0 Å². The molecule has 7 heteroatoms. The van der Waals surface area contributed by atoms with Crippen LogP contribution < -0.4 is 0 Å². The molecule has 0 radical (unpaired) electrons. The maximum Gasteiger partial charge on any atom is 0.166 e. The van der Waals surface area contributed by atoms with Crippen molar-refractivity contribution in [1.82, 2.24) is 25.0 Å². The molecule has 2 N–H and O–H groups in total. The fraction of sp³-hybridized carbons (Fsp3) is 0.556. The minimum atomic E-state index is 0.241. The molecule has 0 aliphatic carbocycles. The zero-order valence-electron chi connectivity index (χ0n) is 8.76. The van der Waals surface area contributed by atoms with Gasteiger partial charge in [0.25, 0.3) is 0 Å². The van der Waals surface area contributed by atoms with Crippen molar-refractivity contribution in [2.45, 2.75) is 25.8 Å². The lowest BCUT2D eigenvalue weighted by molar-refractivity contribution is 0.281. The van der Waals surface area contributed by atoms with E-state index in [4.69, 9.17) is 17.3 Å². The molecule has 0 fully saturated rings. The third-order valence-electron chi connectivity index (χ3n) is 2.35. The lowest BCUT2D eigenvalue weighted by atomic mass is 10.2. The Morgan fingerprint density at radius 3 is 3.06 bits per heavy atom. The number of aliphatic hydroxyl groups is 1. The minimum absolute atomic E-state index is 0.241. The van der Waals surface area contributed by atoms with Gasteiger partial charge in [-0.2, -0.15) is 0 Å². The molecule has 2 aromatic heterocycles. The van der Waals surface area contributed by atoms with E-state index < -0.39 is 0 Å². The van der Waals surface area contributed by atoms with Crippen LogP contribution in [-0.2, 0) is 6.54 Å². The number of unbranched alkanes of at least 4 members (excludes halogenated alkanes) is 2. The standard InChI is InChI=1S/C9H13N5OS/c15-5-3-1-2-4-14-8-7(12-13-14)9(16)11-6-10-8/h6,15H,1-5H2,(H,10,11,16). The summed E-state index contributed by atoms with van der Waals surface area (Å²) in [4.78, 5) is 6.93. The van der Waals surface area contributed by atoms with Crippen molar-refractivity contribution in [3.63, 3.8) is 0 Å². The fourth-order valence-corrected chi connectivity index (χ4v) is 1.71. The normalized spacial score (nSPS) is 11.1. The Morgan fingerprint density at radius 2 is 2.25 bits per heavy atom. The van der Waals surface area contributed by atoms with Crippen molar-refractivity contribution in [3.8, 4) is 0 Å². The van der Waals surface area contributed by atoms with Crippen LogP contribution in [-0.4, -0.2) is 36.7 Å². The molecule has 2 rings (SSSR count). The van der Waals surface area contributed by atoms with Crippen LogP contribution in [0.3, 0.4) is 0 Å². The van der Waals surface area contributed by atoms with Gasteiger partial charge in [-0.1, -0.05) is 17.4 Å². The van der Waals surface area contributed by atoms with Crippen molar-refractivity contribution in [3.05, 3.63) is 11.0 Å². The predicted molar refractivity (Wildman–Crippen MR) is 61.4 cm³/mol. The van der Waals surface area contributed by atoms with Crippen molar-refractivity contribution < 1.29 is 5.11 Å². The van der Waals surface area contributed by atoms with E-state index in [0.29, 0.717) is 10.2 Å². The Bertz CT molecular complexity index is 520. The number of aliphatic hydroxyl groups excluding tert-OH is 1. The SMILES string of the molecule is OCCCCCn1nnc2c(=S)nc[nH]c21. The van der Waals surface area contributed by atoms with E-state index in [1.54, 1.807) is 11.0 Å². The Morgan fingerprint density at radius 1 is 1.38 bits per heavy atom. The Labute approximate surface area is 97.3 Å². The summed E-state index contributed by atoms with van der Waals surface area (Å²) in [6, 6.07) is 0. The van der Waals surface area contributed by atoms with E-state index in [2.05, 4.69) is 20.3 Å². The Balaban J connectivity index is 2.13. The average molecular weight is 239 g/mol. The van der Waals surface area contributed by atoms with E-state index >= 15 is 0 Å². The first kappa shape index (κ1) is 11.2. The van der Waals surface area contributed by atoms with Crippen LogP contribution in [0, 0.1) is 4.64 Å². The number of aromatic amines is 1. The molecule has 0 amide bonds. The first-order chi connectivity index (χ1) is 7.83. The van der Waals surface area contributed by atoms with Crippen LogP contribution in [0.15, 0.2) is 6.33 Å². The largest absolute Gasteiger partial charge is 0.396 e. The van der Waals surface area contributed by atoms with E-state index in [1.165, 1.54) is 0 Å². The first-order valence-corrected chi connectivity index (χ1v) is 5.61. The third kappa shape index (κ3) is 2.25. The highest BCUT2D eigenvalue weighted by atomic mass is 32.1. The molecule has 2 heterocycles. The average Bonchev–Trinajstić information content (AvgIpc) is 2.70. The number of H-pyrrole nitrogens is 1. The second-order valence-electron chi connectivity index (χ2n) is 3.50. The molecule has 0 aromatic carbocycles. The van der Waals surface area contributed by atoms with Gasteiger partial charge in [-0.25, -0.2) is 9.67 Å². The second kappa shape index (κ2) is 5.13. The molecule has 0 saturated carbocycles. The maximum atomic E-state index is 8.67. The summed E-state index contributed by atoms with van der Waals surface area (Å²) in [5, 5.41) is 16.7. The number of hydrogen-bond donors (Lipinski definition) is 2. The summed E-state index contributed by atoms with van der Waals surface area (Å²) >= 11 is 5.04. The molecular weight excluding hydrogens is 226 g/mol. The highest BCUT2D eigenvalue weighted by Crippen LogP contribution is 2.08. The molecule has 0 saturated heterocycles. The highest BCUT2D eigenvalue weighted by Gasteiger charge is 2.05. The zero-order valence-corrected chi connectivity index (χ0v) is 9.57. The maximum absolute atomic E-state index is 8.67. The van der Waals surface area contributed by atoms with Crippen LogP contribution in [0.1, 0.15) is 19.3 Å². The van der Waals surface area contributed by atoms with E-state index in [0.717, 1.165) is 31.5 Å². The molecule has 0 spiro atoms. The molecule has 0 bridgehead atoms. The number of fused-ring (bicyclic) bond motifs is 1. The molecule has 6 nitrogen and oxygen atoms in total. The van der Waals surface area contributed by atoms with E-state index in [1.807, 2.05) is 0 Å². The number of nitrogens with zero attached hydrogens (tertiary/aromatic N) is 4. The van der Waals surface area contributed by atoms with Crippen LogP contribution in [0.25, 0.3) is 11.2 Å². The van der Waals surface area contributed by atoms with Gasteiger partial charge in [0.05, 0.1) is 6.33 Å². The number of hydrogen-bond acceptors (Lipinski definition) is 5. The van der Waals surface area contributed by atoms with Gasteiger partial charge in [0, 0.05) is 13.2 Å². The lowest BCUT2D eigenvalue weighted by Crippen LogP contribution is -2.02. The Hall–Kier alpha value is -1.34. The molecule has 2 aromatic rings. The summed E-state index contributed by atoms with van der Waals surface area (Å²) in [6.07, 6.45) is 4.31. The number of rotatable bonds is 5. The lowest BCUT2D eigenvalue weighted by Gasteiger charge is -2.00. The van der Waals surface area contributed by atoms with Gasteiger partial charge < -0.3 is 10.1 Å². The van der Waals surface area contributed by atoms with Gasteiger partial charge in [-0.15, -0.1) is 5.10 Å². The van der Waals surface area contributed by atoms with Crippen molar-refractivity contribution >= 4 is 23.4 Å². The quantitative estimate of drug-likeness (QED) is 0.602. The van der Waals surface area contributed by atoms with Gasteiger partial charge in [0.15, 0.2) is 15.8 Å². The second-order valence-corrected chi connectivity index (χ2v) is 3.89. The molecular formula is C9H13N5OS. The monoisotopic (exact) mass is 239 g/mol. The summed E-state index contributed by atoms with van der Waals surface area (Å²) in [5.74, 6) is 0.